The van der Waals surface area contributed by atoms with E-state index in [1.54, 1.807) is 12.1 Å². The Hall–Kier alpha value is -3.82. The summed E-state index contributed by atoms with van der Waals surface area (Å²) in [6, 6.07) is 8.59. The van der Waals surface area contributed by atoms with E-state index in [1.165, 1.54) is 11.0 Å². The van der Waals surface area contributed by atoms with Gasteiger partial charge < -0.3 is 11.2 Å². The van der Waals surface area contributed by atoms with Crippen LogP contribution in [0.25, 0.3) is 5.57 Å². The summed E-state index contributed by atoms with van der Waals surface area (Å²) in [5.41, 5.74) is 12.7. The largest absolute Gasteiger partial charge is 0.416 e. The molecule has 4 N–H and O–H groups in total. The Bertz CT molecular complexity index is 1200. The van der Waals surface area contributed by atoms with Gasteiger partial charge in [0.1, 0.15) is 0 Å². The molecule has 0 saturated heterocycles. The number of halogens is 3. The van der Waals surface area contributed by atoms with Gasteiger partial charge in [0.2, 0.25) is 11.8 Å². The number of aryl methyl sites for hydroxylation is 2. The predicted octanol–water partition coefficient (Wildman–Crippen LogP) is 4.79. The summed E-state index contributed by atoms with van der Waals surface area (Å²) < 4.78 is 40.7. The van der Waals surface area contributed by atoms with Gasteiger partial charge in [-0.05, 0) is 62.1 Å². The topological polar surface area (TPSA) is 105 Å². The van der Waals surface area contributed by atoms with Crippen molar-refractivity contribution in [2.24, 2.45) is 5.73 Å². The van der Waals surface area contributed by atoms with Crippen LogP contribution in [0.2, 0.25) is 0 Å². The van der Waals surface area contributed by atoms with Crippen molar-refractivity contribution in [3.8, 4) is 0 Å². The second-order valence-corrected chi connectivity index (χ2v) is 8.81. The van der Waals surface area contributed by atoms with Gasteiger partial charge in [0.05, 0.1) is 16.8 Å². The average molecular weight is 503 g/mol. The van der Waals surface area contributed by atoms with Crippen LogP contribution in [-0.4, -0.2) is 17.7 Å². The lowest BCUT2D eigenvalue weighted by atomic mass is 10.0. The van der Waals surface area contributed by atoms with Crippen LogP contribution in [-0.2, 0) is 20.6 Å². The smallest absolute Gasteiger partial charge is 0.370 e. The number of primary amides is 1. The summed E-state index contributed by atoms with van der Waals surface area (Å²) in [6.45, 7) is 5.64. The van der Waals surface area contributed by atoms with Gasteiger partial charge in [-0.2, -0.15) is 13.2 Å². The summed E-state index contributed by atoms with van der Waals surface area (Å²) in [6.07, 6.45) is -3.06. The number of alkyl halides is 3. The number of hydrogen-bond donors (Lipinski definition) is 3. The van der Waals surface area contributed by atoms with E-state index in [9.17, 15) is 27.6 Å². The van der Waals surface area contributed by atoms with E-state index in [0.717, 1.165) is 29.7 Å². The number of nitrogens with zero attached hydrogens (tertiary/aromatic N) is 1. The Kier molecular flexibility index (Phi) is 8.07. The van der Waals surface area contributed by atoms with Gasteiger partial charge in [-0.3, -0.25) is 24.7 Å². The third-order valence-corrected chi connectivity index (χ3v) is 5.75. The maximum Gasteiger partial charge on any atom is 0.416 e. The zero-order valence-corrected chi connectivity index (χ0v) is 20.4. The molecule has 10 heteroatoms. The lowest BCUT2D eigenvalue weighted by Gasteiger charge is -2.20. The van der Waals surface area contributed by atoms with Crippen LogP contribution in [0.1, 0.15) is 61.3 Å². The fourth-order valence-electron chi connectivity index (χ4n) is 4.12. The molecule has 0 bridgehead atoms. The standard InChI is InChI=1S/C26H29F3N4O3/c1-4-5-6-20(31-32-23(35)10-9-22(30)34)24-19-8-7-17(26(27,28)29)14-21(19)33(25(24)36)18-12-15(2)11-16(3)13-18/h7-8,11-14,31H,4-6,9-10H2,1-3H3,(H2,30,34)(H,32,35)/b24-20-. The van der Waals surface area contributed by atoms with Crippen molar-refractivity contribution >= 4 is 34.7 Å². The van der Waals surface area contributed by atoms with E-state index >= 15 is 0 Å². The predicted molar refractivity (Wildman–Crippen MR) is 131 cm³/mol. The number of nitrogens with one attached hydrogen (secondary N) is 2. The van der Waals surface area contributed by atoms with Crippen LogP contribution in [0.5, 0.6) is 0 Å². The summed E-state index contributed by atoms with van der Waals surface area (Å²) >= 11 is 0. The van der Waals surface area contributed by atoms with E-state index in [4.69, 9.17) is 5.73 Å². The Morgan fingerprint density at radius 2 is 1.64 bits per heavy atom. The summed E-state index contributed by atoms with van der Waals surface area (Å²) in [5, 5.41) is 0. The third-order valence-electron chi connectivity index (χ3n) is 5.75. The molecule has 0 fully saturated rings. The number of carbonyl (C=O) groups is 3. The van der Waals surface area contributed by atoms with Crippen LogP contribution in [0.4, 0.5) is 24.5 Å². The number of fused-ring (bicyclic) bond motifs is 1. The normalized spacial score (nSPS) is 14.5. The van der Waals surface area contributed by atoms with E-state index in [1.807, 2.05) is 26.8 Å². The zero-order chi connectivity index (χ0) is 26.6. The second-order valence-electron chi connectivity index (χ2n) is 8.81. The molecule has 0 aliphatic carbocycles. The Morgan fingerprint density at radius 1 is 0.972 bits per heavy atom. The first kappa shape index (κ1) is 26.8. The van der Waals surface area contributed by atoms with Crippen molar-refractivity contribution in [3.05, 3.63) is 64.3 Å². The van der Waals surface area contributed by atoms with Crippen molar-refractivity contribution < 1.29 is 27.6 Å². The molecule has 2 aromatic rings. The number of nitrogens with two attached hydrogens (primary N) is 1. The molecule has 1 aliphatic heterocycles. The summed E-state index contributed by atoms with van der Waals surface area (Å²) in [4.78, 5) is 38.2. The lowest BCUT2D eigenvalue weighted by molar-refractivity contribution is -0.137. The minimum atomic E-state index is -4.59. The van der Waals surface area contributed by atoms with Crippen molar-refractivity contribution in [3.63, 3.8) is 0 Å². The van der Waals surface area contributed by atoms with Gasteiger partial charge in [-0.15, -0.1) is 0 Å². The summed E-state index contributed by atoms with van der Waals surface area (Å²) in [5.74, 6) is -1.63. The molecule has 0 unspecified atom stereocenters. The molecule has 0 atom stereocenters. The first-order valence-corrected chi connectivity index (χ1v) is 11.6. The van der Waals surface area contributed by atoms with Crippen LogP contribution < -0.4 is 21.5 Å². The third kappa shape index (κ3) is 6.05. The highest BCUT2D eigenvalue weighted by molar-refractivity contribution is 6.35. The molecule has 0 aromatic heterocycles. The molecule has 7 nitrogen and oxygen atoms in total. The number of benzene rings is 2. The number of amides is 3. The Morgan fingerprint density at radius 3 is 2.22 bits per heavy atom. The van der Waals surface area contributed by atoms with E-state index in [-0.39, 0.29) is 24.1 Å². The van der Waals surface area contributed by atoms with E-state index in [2.05, 4.69) is 10.9 Å². The molecule has 192 valence electrons. The molecule has 36 heavy (non-hydrogen) atoms. The molecule has 1 aliphatic rings. The van der Waals surface area contributed by atoms with Crippen molar-refractivity contribution in [1.82, 2.24) is 10.9 Å². The van der Waals surface area contributed by atoms with Gasteiger partial charge in [0.25, 0.3) is 5.91 Å². The average Bonchev–Trinajstić information content (AvgIpc) is 3.07. The number of rotatable bonds is 9. The quantitative estimate of drug-likeness (QED) is 0.339. The highest BCUT2D eigenvalue weighted by Gasteiger charge is 2.39. The molecule has 1 heterocycles. The maximum absolute atomic E-state index is 13.8. The number of anilines is 2. The highest BCUT2D eigenvalue weighted by atomic mass is 19.4. The highest BCUT2D eigenvalue weighted by Crippen LogP contribution is 2.45. The number of allylic oxidation sites excluding steroid dienone is 1. The van der Waals surface area contributed by atoms with Gasteiger partial charge in [0, 0.05) is 29.8 Å². The fourth-order valence-corrected chi connectivity index (χ4v) is 4.12. The minimum absolute atomic E-state index is 0.116. The number of hydrogen-bond acceptors (Lipinski definition) is 4. The van der Waals surface area contributed by atoms with Crippen LogP contribution in [0.3, 0.4) is 0 Å². The van der Waals surface area contributed by atoms with E-state index < -0.39 is 29.5 Å². The van der Waals surface area contributed by atoms with Crippen molar-refractivity contribution in [1.29, 1.82) is 0 Å². The van der Waals surface area contributed by atoms with Gasteiger partial charge in [-0.1, -0.05) is 25.5 Å². The monoisotopic (exact) mass is 502 g/mol. The van der Waals surface area contributed by atoms with Gasteiger partial charge in [-0.25, -0.2) is 0 Å². The Balaban J connectivity index is 2.13. The van der Waals surface area contributed by atoms with Gasteiger partial charge >= 0.3 is 6.18 Å². The number of hydrazine groups is 1. The lowest BCUT2D eigenvalue weighted by Crippen LogP contribution is -2.38. The Labute approximate surface area is 207 Å². The number of unbranched alkanes of at least 4 members (excludes halogenated alkanes) is 1. The van der Waals surface area contributed by atoms with Crippen LogP contribution in [0, 0.1) is 13.8 Å². The van der Waals surface area contributed by atoms with Crippen LogP contribution in [0.15, 0.2) is 42.1 Å². The molecule has 2 aromatic carbocycles. The molecule has 0 spiro atoms. The van der Waals surface area contributed by atoms with Crippen molar-refractivity contribution in [2.75, 3.05) is 4.90 Å². The fraction of sp³-hybridized carbons (Fsp3) is 0.346. The molecular formula is C26H29F3N4O3. The first-order chi connectivity index (χ1) is 16.9. The SMILES string of the molecule is CCCC/C(NNC(=O)CCC(N)=O)=C1/C(=O)N(c2cc(C)cc(C)c2)c2cc(C(F)(F)F)ccc21. The molecular weight excluding hydrogens is 473 g/mol. The summed E-state index contributed by atoms with van der Waals surface area (Å²) in [7, 11) is 0. The van der Waals surface area contributed by atoms with E-state index in [0.29, 0.717) is 29.8 Å². The van der Waals surface area contributed by atoms with Crippen LogP contribution >= 0.6 is 0 Å². The number of carbonyl (C=O) groups excluding carboxylic acids is 3. The first-order valence-electron chi connectivity index (χ1n) is 11.6. The zero-order valence-electron chi connectivity index (χ0n) is 20.4. The maximum atomic E-state index is 13.8. The molecule has 3 amide bonds. The van der Waals surface area contributed by atoms with Gasteiger partial charge in [0.15, 0.2) is 0 Å². The molecule has 3 rings (SSSR count). The van der Waals surface area contributed by atoms with Crippen molar-refractivity contribution in [2.45, 2.75) is 59.1 Å². The second kappa shape index (κ2) is 10.8. The molecule has 0 radical (unpaired) electrons. The molecule has 0 saturated carbocycles. The minimum Gasteiger partial charge on any atom is -0.370 e.